The molecule has 0 spiro atoms. The van der Waals surface area contributed by atoms with E-state index in [1.807, 2.05) is 48.6 Å². The summed E-state index contributed by atoms with van der Waals surface area (Å²) in [5.74, 6) is -0.732. The van der Waals surface area contributed by atoms with Crippen molar-refractivity contribution in [3.05, 3.63) is 64.3 Å². The number of likely N-dealkylation sites (tertiary alicyclic amines) is 1. The molecule has 0 aromatic heterocycles. The standard InChI is InChI=1S/C22H22BrN3O2/c23-16-9-10-18-17(13-16)20(15-7-3-1-4-8-15)21(22(28)24-18)25-19(27)14-26-11-5-2-6-12-26/h1,3-4,7-10,13,17H,2,5-6,11-12,14H2,(H,25,27). The van der Waals surface area contributed by atoms with Crippen molar-refractivity contribution < 1.29 is 9.59 Å². The van der Waals surface area contributed by atoms with Crippen molar-refractivity contribution in [1.82, 2.24) is 10.2 Å². The number of halogens is 1. The predicted octanol–water partition coefficient (Wildman–Crippen LogP) is 3.45. The number of dihydropyridines is 1. The Kier molecular flexibility index (Phi) is 5.69. The van der Waals surface area contributed by atoms with Crippen molar-refractivity contribution >= 4 is 39.0 Å². The van der Waals surface area contributed by atoms with Gasteiger partial charge >= 0.3 is 0 Å². The smallest absolute Gasteiger partial charge is 0.294 e. The number of allylic oxidation sites excluding steroid dienone is 5. The summed E-state index contributed by atoms with van der Waals surface area (Å²) in [7, 11) is 0. The lowest BCUT2D eigenvalue weighted by Gasteiger charge is -2.29. The first kappa shape index (κ1) is 19.0. The molecule has 1 fully saturated rings. The molecule has 1 aromatic carbocycles. The zero-order chi connectivity index (χ0) is 19.5. The van der Waals surface area contributed by atoms with E-state index in [4.69, 9.17) is 0 Å². The third kappa shape index (κ3) is 4.08. The quantitative estimate of drug-likeness (QED) is 0.781. The van der Waals surface area contributed by atoms with Gasteiger partial charge < -0.3 is 5.32 Å². The first-order chi connectivity index (χ1) is 13.6. The van der Waals surface area contributed by atoms with E-state index in [0.717, 1.165) is 41.6 Å². The molecule has 2 heterocycles. The molecule has 4 rings (SSSR count). The Morgan fingerprint density at radius 3 is 2.64 bits per heavy atom. The van der Waals surface area contributed by atoms with Crippen LogP contribution in [-0.2, 0) is 9.59 Å². The third-order valence-corrected chi connectivity index (χ3v) is 5.78. The molecule has 0 radical (unpaired) electrons. The van der Waals surface area contributed by atoms with Crippen LogP contribution in [0.25, 0.3) is 5.57 Å². The van der Waals surface area contributed by atoms with Gasteiger partial charge in [0, 0.05) is 16.0 Å². The molecule has 3 aliphatic rings. The van der Waals surface area contributed by atoms with Gasteiger partial charge in [0.05, 0.1) is 12.3 Å². The van der Waals surface area contributed by atoms with Crippen LogP contribution >= 0.6 is 15.9 Å². The van der Waals surface area contributed by atoms with Gasteiger partial charge in [0.1, 0.15) is 5.70 Å². The molecule has 1 unspecified atom stereocenters. The molecule has 0 saturated carbocycles. The van der Waals surface area contributed by atoms with Gasteiger partial charge in [-0.2, -0.15) is 0 Å². The summed E-state index contributed by atoms with van der Waals surface area (Å²) in [5, 5.41) is 2.89. The Hall–Kier alpha value is -2.31. The van der Waals surface area contributed by atoms with E-state index in [-0.39, 0.29) is 17.5 Å². The zero-order valence-corrected chi connectivity index (χ0v) is 17.1. The lowest BCUT2D eigenvalue weighted by Crippen LogP contribution is -2.42. The molecule has 1 N–H and O–H groups in total. The number of aliphatic imine (C=N–C) groups is 1. The molecular weight excluding hydrogens is 418 g/mol. The number of rotatable bonds is 4. The number of nitrogens with one attached hydrogen (secondary N) is 1. The number of carbonyl (C=O) groups excluding carboxylic acids is 2. The average molecular weight is 440 g/mol. The van der Waals surface area contributed by atoms with Crippen LogP contribution in [0.1, 0.15) is 24.8 Å². The lowest BCUT2D eigenvalue weighted by molar-refractivity contribution is -0.123. The first-order valence-corrected chi connectivity index (χ1v) is 10.4. The van der Waals surface area contributed by atoms with Crippen LogP contribution in [-0.4, -0.2) is 42.1 Å². The minimum Gasteiger partial charge on any atom is -0.320 e. The van der Waals surface area contributed by atoms with Gasteiger partial charge in [-0.1, -0.05) is 58.8 Å². The first-order valence-electron chi connectivity index (χ1n) is 9.62. The van der Waals surface area contributed by atoms with Gasteiger partial charge in [0.2, 0.25) is 5.91 Å². The summed E-state index contributed by atoms with van der Waals surface area (Å²) in [6.07, 6.45) is 9.20. The van der Waals surface area contributed by atoms with Gasteiger partial charge in [-0.3, -0.25) is 14.5 Å². The molecular formula is C22H22BrN3O2. The predicted molar refractivity (Wildman–Crippen MR) is 114 cm³/mol. The largest absolute Gasteiger partial charge is 0.320 e. The molecule has 0 bridgehead atoms. The number of nitrogens with zero attached hydrogens (tertiary/aromatic N) is 2. The van der Waals surface area contributed by atoms with Crippen LogP contribution in [0.5, 0.6) is 0 Å². The van der Waals surface area contributed by atoms with Crippen LogP contribution in [0.15, 0.2) is 63.7 Å². The Labute approximate surface area is 173 Å². The Balaban J connectivity index is 1.67. The molecule has 1 aliphatic carbocycles. The number of carbonyl (C=O) groups is 2. The highest BCUT2D eigenvalue weighted by atomic mass is 79.9. The van der Waals surface area contributed by atoms with Crippen molar-refractivity contribution in [2.45, 2.75) is 19.3 Å². The number of hydrogen-bond acceptors (Lipinski definition) is 3. The van der Waals surface area contributed by atoms with Crippen LogP contribution in [0, 0.1) is 5.92 Å². The monoisotopic (exact) mass is 439 g/mol. The molecule has 144 valence electrons. The van der Waals surface area contributed by atoms with E-state index in [0.29, 0.717) is 12.3 Å². The Bertz CT molecular complexity index is 909. The zero-order valence-electron chi connectivity index (χ0n) is 15.5. The number of hydrogen-bond donors (Lipinski definition) is 1. The normalized spacial score (nSPS) is 22.5. The van der Waals surface area contributed by atoms with Crippen molar-refractivity contribution in [3.63, 3.8) is 0 Å². The van der Waals surface area contributed by atoms with Crippen LogP contribution in [0.4, 0.5) is 0 Å². The topological polar surface area (TPSA) is 61.8 Å². The molecule has 1 atom stereocenters. The Morgan fingerprint density at radius 2 is 1.89 bits per heavy atom. The highest BCUT2D eigenvalue weighted by Gasteiger charge is 2.33. The van der Waals surface area contributed by atoms with Crippen LogP contribution in [0.2, 0.25) is 0 Å². The third-order valence-electron chi connectivity index (χ3n) is 5.25. The molecule has 28 heavy (non-hydrogen) atoms. The fourth-order valence-electron chi connectivity index (χ4n) is 3.91. The van der Waals surface area contributed by atoms with Gasteiger partial charge in [-0.25, -0.2) is 4.99 Å². The molecule has 5 nitrogen and oxygen atoms in total. The lowest BCUT2D eigenvalue weighted by atomic mass is 9.82. The molecule has 2 amide bonds. The van der Waals surface area contributed by atoms with Crippen LogP contribution < -0.4 is 5.32 Å². The van der Waals surface area contributed by atoms with E-state index in [2.05, 4.69) is 31.1 Å². The second kappa shape index (κ2) is 8.37. The summed E-state index contributed by atoms with van der Waals surface area (Å²) >= 11 is 3.52. The van der Waals surface area contributed by atoms with E-state index in [1.165, 1.54) is 6.42 Å². The summed E-state index contributed by atoms with van der Waals surface area (Å²) in [6, 6.07) is 9.72. The fraction of sp³-hybridized carbons (Fsp3) is 0.318. The SMILES string of the molecule is O=C(CN1CCCCC1)NC1=C(c2ccccc2)C2C=C(Br)C=CC2=NC1=O. The van der Waals surface area contributed by atoms with Crippen molar-refractivity contribution in [2.75, 3.05) is 19.6 Å². The van der Waals surface area contributed by atoms with Crippen molar-refractivity contribution in [3.8, 4) is 0 Å². The minimum absolute atomic E-state index is 0.160. The van der Waals surface area contributed by atoms with Gasteiger partial charge in [-0.15, -0.1) is 0 Å². The molecule has 1 aromatic rings. The molecule has 1 saturated heterocycles. The number of piperidine rings is 1. The van der Waals surface area contributed by atoms with E-state index >= 15 is 0 Å². The van der Waals surface area contributed by atoms with E-state index < -0.39 is 5.91 Å². The van der Waals surface area contributed by atoms with Gasteiger partial charge in [-0.05, 0) is 43.6 Å². The van der Waals surface area contributed by atoms with Gasteiger partial charge in [0.25, 0.3) is 5.91 Å². The summed E-state index contributed by atoms with van der Waals surface area (Å²) in [6.45, 7) is 2.16. The number of benzene rings is 1. The maximum Gasteiger partial charge on any atom is 0.294 e. The van der Waals surface area contributed by atoms with E-state index in [9.17, 15) is 9.59 Å². The average Bonchev–Trinajstić information content (AvgIpc) is 2.70. The summed E-state index contributed by atoms with van der Waals surface area (Å²) in [4.78, 5) is 31.9. The van der Waals surface area contributed by atoms with Crippen LogP contribution in [0.3, 0.4) is 0 Å². The number of amides is 2. The van der Waals surface area contributed by atoms with Crippen molar-refractivity contribution in [1.29, 1.82) is 0 Å². The second-order valence-electron chi connectivity index (χ2n) is 7.24. The summed E-state index contributed by atoms with van der Waals surface area (Å²) < 4.78 is 0.929. The maximum atomic E-state index is 12.8. The minimum atomic E-state index is -0.395. The molecule has 6 heteroatoms. The molecule has 2 aliphatic heterocycles. The van der Waals surface area contributed by atoms with E-state index in [1.54, 1.807) is 0 Å². The maximum absolute atomic E-state index is 12.8. The fourth-order valence-corrected chi connectivity index (χ4v) is 4.31. The second-order valence-corrected chi connectivity index (χ2v) is 8.16. The van der Waals surface area contributed by atoms with Gasteiger partial charge in [0.15, 0.2) is 0 Å². The highest BCUT2D eigenvalue weighted by Crippen LogP contribution is 2.36. The number of fused-ring (bicyclic) bond motifs is 1. The van der Waals surface area contributed by atoms with Crippen molar-refractivity contribution in [2.24, 2.45) is 10.9 Å². The Morgan fingerprint density at radius 1 is 1.14 bits per heavy atom. The highest BCUT2D eigenvalue weighted by molar-refractivity contribution is 9.11. The summed E-state index contributed by atoms with van der Waals surface area (Å²) in [5.41, 5.74) is 2.69.